The molecule has 0 amide bonds. The summed E-state index contributed by atoms with van der Waals surface area (Å²) < 4.78 is 40.5. The number of hydrogen-bond acceptors (Lipinski definition) is 3. The number of aliphatic hydroxyl groups is 1. The standard InChI is InChI=1S/C15H18FNO3S/c1-3-6-17(9-12-4-5-12)21(19,20)15-8-13(10-18)7-14(16)11(15)2/h1,7-8,12,18H,4-6,9-10H2,2H3. The van der Waals surface area contributed by atoms with E-state index in [4.69, 9.17) is 11.5 Å². The molecule has 0 radical (unpaired) electrons. The molecule has 1 N–H and O–H groups in total. The van der Waals surface area contributed by atoms with Gasteiger partial charge < -0.3 is 5.11 Å². The molecule has 2 rings (SSSR count). The molecule has 1 aliphatic carbocycles. The molecule has 0 aromatic heterocycles. The Hall–Kier alpha value is -1.42. The third-order valence-corrected chi connectivity index (χ3v) is 5.52. The van der Waals surface area contributed by atoms with Gasteiger partial charge in [-0.2, -0.15) is 4.31 Å². The van der Waals surface area contributed by atoms with Crippen LogP contribution in [-0.4, -0.2) is 30.9 Å². The van der Waals surface area contributed by atoms with E-state index >= 15 is 0 Å². The monoisotopic (exact) mass is 311 g/mol. The van der Waals surface area contributed by atoms with Gasteiger partial charge >= 0.3 is 0 Å². The summed E-state index contributed by atoms with van der Waals surface area (Å²) in [6, 6.07) is 2.45. The van der Waals surface area contributed by atoms with Crippen molar-refractivity contribution < 1.29 is 17.9 Å². The summed E-state index contributed by atoms with van der Waals surface area (Å²) in [5.41, 5.74) is 0.272. The highest BCUT2D eigenvalue weighted by Crippen LogP contribution is 2.32. The van der Waals surface area contributed by atoms with Gasteiger partial charge in [-0.15, -0.1) is 6.42 Å². The first kappa shape index (κ1) is 16.0. The Bertz CT molecular complexity index is 675. The Morgan fingerprint density at radius 1 is 1.48 bits per heavy atom. The number of aliphatic hydroxyl groups excluding tert-OH is 1. The van der Waals surface area contributed by atoms with E-state index in [-0.39, 0.29) is 22.6 Å². The van der Waals surface area contributed by atoms with Crippen molar-refractivity contribution >= 4 is 10.0 Å². The van der Waals surface area contributed by atoms with Crippen LogP contribution in [0.2, 0.25) is 0 Å². The van der Waals surface area contributed by atoms with Crippen LogP contribution in [0.25, 0.3) is 0 Å². The Balaban J connectivity index is 2.45. The van der Waals surface area contributed by atoms with Crippen molar-refractivity contribution in [3.05, 3.63) is 29.1 Å². The Kier molecular flexibility index (Phi) is 4.67. The zero-order valence-corrected chi connectivity index (χ0v) is 12.7. The van der Waals surface area contributed by atoms with Crippen molar-refractivity contribution in [2.75, 3.05) is 13.1 Å². The second-order valence-corrected chi connectivity index (χ2v) is 7.21. The summed E-state index contributed by atoms with van der Waals surface area (Å²) in [6.45, 7) is 1.31. The maximum absolute atomic E-state index is 13.8. The normalized spacial score (nSPS) is 15.2. The summed E-state index contributed by atoms with van der Waals surface area (Å²) >= 11 is 0. The van der Waals surface area contributed by atoms with E-state index in [9.17, 15) is 12.8 Å². The molecular formula is C15H18FNO3S. The molecule has 4 nitrogen and oxygen atoms in total. The number of terminal acetylenes is 1. The number of benzene rings is 1. The van der Waals surface area contributed by atoms with Crippen molar-refractivity contribution in [2.24, 2.45) is 5.92 Å². The first-order valence-electron chi connectivity index (χ1n) is 6.73. The van der Waals surface area contributed by atoms with Gasteiger partial charge in [0.2, 0.25) is 10.0 Å². The zero-order valence-electron chi connectivity index (χ0n) is 11.8. The van der Waals surface area contributed by atoms with Crippen LogP contribution in [0.1, 0.15) is 24.0 Å². The van der Waals surface area contributed by atoms with E-state index in [2.05, 4.69) is 5.92 Å². The van der Waals surface area contributed by atoms with Gasteiger partial charge in [0.25, 0.3) is 0 Å². The highest BCUT2D eigenvalue weighted by atomic mass is 32.2. The molecule has 21 heavy (non-hydrogen) atoms. The van der Waals surface area contributed by atoms with E-state index < -0.39 is 22.4 Å². The fraction of sp³-hybridized carbons (Fsp3) is 0.467. The second kappa shape index (κ2) is 6.14. The van der Waals surface area contributed by atoms with Crippen molar-refractivity contribution in [1.29, 1.82) is 0 Å². The number of rotatable bonds is 6. The predicted molar refractivity (Wildman–Crippen MR) is 77.4 cm³/mol. The van der Waals surface area contributed by atoms with Gasteiger partial charge in [-0.1, -0.05) is 5.92 Å². The van der Waals surface area contributed by atoms with Crippen LogP contribution in [0.5, 0.6) is 0 Å². The van der Waals surface area contributed by atoms with Gasteiger partial charge in [0.15, 0.2) is 0 Å². The molecule has 1 aromatic carbocycles. The molecule has 0 spiro atoms. The SMILES string of the molecule is C#CCN(CC1CC1)S(=O)(=O)c1cc(CO)cc(F)c1C. The van der Waals surface area contributed by atoms with Crippen LogP contribution in [0.4, 0.5) is 4.39 Å². The summed E-state index contributed by atoms with van der Waals surface area (Å²) in [4.78, 5) is -0.123. The van der Waals surface area contributed by atoms with Crippen LogP contribution >= 0.6 is 0 Å². The van der Waals surface area contributed by atoms with Crippen LogP contribution in [0.15, 0.2) is 17.0 Å². The van der Waals surface area contributed by atoms with E-state index in [1.165, 1.54) is 17.3 Å². The van der Waals surface area contributed by atoms with Crippen LogP contribution < -0.4 is 0 Å². The molecule has 1 saturated carbocycles. The Morgan fingerprint density at radius 2 is 2.14 bits per heavy atom. The molecular weight excluding hydrogens is 293 g/mol. The summed E-state index contributed by atoms with van der Waals surface area (Å²) in [7, 11) is -3.86. The fourth-order valence-corrected chi connectivity index (χ4v) is 3.86. The number of nitrogens with zero attached hydrogens (tertiary/aromatic N) is 1. The lowest BCUT2D eigenvalue weighted by Crippen LogP contribution is -2.34. The van der Waals surface area contributed by atoms with Gasteiger partial charge in [-0.3, -0.25) is 0 Å². The quantitative estimate of drug-likeness (QED) is 0.813. The van der Waals surface area contributed by atoms with Crippen molar-refractivity contribution in [3.63, 3.8) is 0 Å². The fourth-order valence-electron chi connectivity index (χ4n) is 2.14. The smallest absolute Gasteiger partial charge is 0.244 e. The van der Waals surface area contributed by atoms with Crippen molar-refractivity contribution in [3.8, 4) is 12.3 Å². The average Bonchev–Trinajstić information content (AvgIpc) is 3.25. The van der Waals surface area contributed by atoms with Crippen molar-refractivity contribution in [1.82, 2.24) is 4.31 Å². The number of halogens is 1. The molecule has 0 heterocycles. The Labute approximate surface area is 124 Å². The maximum Gasteiger partial charge on any atom is 0.244 e. The lowest BCUT2D eigenvalue weighted by Gasteiger charge is -2.21. The van der Waals surface area contributed by atoms with E-state index in [1.54, 1.807) is 0 Å². The number of hydrogen-bond donors (Lipinski definition) is 1. The third kappa shape index (κ3) is 3.43. The van der Waals surface area contributed by atoms with E-state index in [1.807, 2.05) is 0 Å². The topological polar surface area (TPSA) is 57.6 Å². The summed E-state index contributed by atoms with van der Waals surface area (Å²) in [6.07, 6.45) is 7.23. The highest BCUT2D eigenvalue weighted by molar-refractivity contribution is 7.89. The first-order valence-corrected chi connectivity index (χ1v) is 8.17. The molecule has 0 saturated heterocycles. The molecule has 1 aliphatic rings. The third-order valence-electron chi connectivity index (χ3n) is 3.58. The molecule has 114 valence electrons. The molecule has 0 unspecified atom stereocenters. The zero-order chi connectivity index (χ0) is 15.6. The highest BCUT2D eigenvalue weighted by Gasteiger charge is 2.32. The van der Waals surface area contributed by atoms with Crippen molar-refractivity contribution in [2.45, 2.75) is 31.3 Å². The van der Waals surface area contributed by atoms with Crippen LogP contribution in [0.3, 0.4) is 0 Å². The van der Waals surface area contributed by atoms with Gasteiger partial charge in [-0.25, -0.2) is 12.8 Å². The van der Waals surface area contributed by atoms with Gasteiger partial charge in [-0.05, 0) is 43.4 Å². The van der Waals surface area contributed by atoms with Crippen LogP contribution in [-0.2, 0) is 16.6 Å². The molecule has 0 aliphatic heterocycles. The Morgan fingerprint density at radius 3 is 2.67 bits per heavy atom. The van der Waals surface area contributed by atoms with Crippen LogP contribution in [0, 0.1) is 31.0 Å². The molecule has 6 heteroatoms. The molecule has 0 atom stereocenters. The van der Waals surface area contributed by atoms with Gasteiger partial charge in [0.1, 0.15) is 5.82 Å². The minimum Gasteiger partial charge on any atom is -0.392 e. The maximum atomic E-state index is 13.8. The lowest BCUT2D eigenvalue weighted by molar-refractivity contribution is 0.280. The molecule has 1 fully saturated rings. The molecule has 0 bridgehead atoms. The van der Waals surface area contributed by atoms with E-state index in [0.29, 0.717) is 12.5 Å². The van der Waals surface area contributed by atoms with Gasteiger partial charge in [0.05, 0.1) is 18.0 Å². The second-order valence-electron chi connectivity index (χ2n) is 5.30. The minimum absolute atomic E-state index is 0.0384. The molecule has 1 aromatic rings. The van der Waals surface area contributed by atoms with Gasteiger partial charge in [0, 0.05) is 12.1 Å². The number of sulfonamides is 1. The summed E-state index contributed by atoms with van der Waals surface area (Å²) in [5, 5.41) is 9.13. The summed E-state index contributed by atoms with van der Waals surface area (Å²) in [5.74, 6) is 2.03. The largest absolute Gasteiger partial charge is 0.392 e. The van der Waals surface area contributed by atoms with E-state index in [0.717, 1.165) is 18.9 Å². The average molecular weight is 311 g/mol. The predicted octanol–water partition coefficient (Wildman–Crippen LogP) is 1.66. The lowest BCUT2D eigenvalue weighted by atomic mass is 10.1. The minimum atomic E-state index is -3.86. The first-order chi connectivity index (χ1) is 9.90.